The van der Waals surface area contributed by atoms with E-state index in [0.717, 1.165) is 31.5 Å². The number of hydrogen-bond donors (Lipinski definition) is 2. The molecule has 1 aromatic carbocycles. The number of H-pyrrole nitrogens is 1. The Kier molecular flexibility index (Phi) is 7.33. The third-order valence-corrected chi connectivity index (χ3v) is 5.75. The number of aromatic nitrogens is 2. The summed E-state index contributed by atoms with van der Waals surface area (Å²) in [6, 6.07) is 9.39. The first-order chi connectivity index (χ1) is 14.8. The van der Waals surface area contributed by atoms with Gasteiger partial charge in [-0.25, -0.2) is 4.79 Å². The molecule has 1 aromatic heterocycles. The van der Waals surface area contributed by atoms with Crippen molar-refractivity contribution in [1.29, 1.82) is 0 Å². The number of anilines is 2. The number of carbonyl (C=O) groups is 1. The Morgan fingerprint density at radius 1 is 1.19 bits per heavy atom. The largest absolute Gasteiger partial charge is 0.383 e. The molecule has 1 aliphatic heterocycles. The van der Waals surface area contributed by atoms with E-state index < -0.39 is 11.2 Å². The highest BCUT2D eigenvalue weighted by atomic mass is 16.2. The van der Waals surface area contributed by atoms with Crippen LogP contribution in [-0.2, 0) is 11.3 Å². The van der Waals surface area contributed by atoms with Crippen LogP contribution in [0, 0.1) is 11.8 Å². The molecule has 31 heavy (non-hydrogen) atoms. The van der Waals surface area contributed by atoms with Gasteiger partial charge in [-0.2, -0.15) is 0 Å². The van der Waals surface area contributed by atoms with Crippen LogP contribution in [0.1, 0.15) is 39.2 Å². The molecule has 0 atom stereocenters. The highest BCUT2D eigenvalue weighted by molar-refractivity contribution is 5.96. The maximum Gasteiger partial charge on any atom is 0.330 e. The van der Waals surface area contributed by atoms with Crippen LogP contribution < -0.4 is 21.9 Å². The normalized spacial score (nSPS) is 15.4. The van der Waals surface area contributed by atoms with E-state index in [1.807, 2.05) is 44.2 Å². The summed E-state index contributed by atoms with van der Waals surface area (Å²) in [5.74, 6) is 0.626. The molecule has 0 radical (unpaired) electrons. The molecule has 168 valence electrons. The lowest BCUT2D eigenvalue weighted by molar-refractivity contribution is -0.120. The number of benzene rings is 1. The minimum atomic E-state index is -0.631. The van der Waals surface area contributed by atoms with Crippen LogP contribution in [0.2, 0.25) is 0 Å². The number of nitrogens with one attached hydrogen (secondary N) is 1. The van der Waals surface area contributed by atoms with Gasteiger partial charge in [-0.1, -0.05) is 51.1 Å². The molecule has 2 aromatic rings. The summed E-state index contributed by atoms with van der Waals surface area (Å²) in [6.45, 7) is 8.70. The quantitative estimate of drug-likeness (QED) is 0.702. The summed E-state index contributed by atoms with van der Waals surface area (Å²) in [4.78, 5) is 44.5. The Bertz CT molecular complexity index is 1000. The third-order valence-electron chi connectivity index (χ3n) is 5.75. The van der Waals surface area contributed by atoms with E-state index in [2.05, 4.69) is 16.8 Å². The van der Waals surface area contributed by atoms with Crippen LogP contribution in [0.5, 0.6) is 0 Å². The number of carbonyl (C=O) groups excluding carboxylic acids is 1. The summed E-state index contributed by atoms with van der Waals surface area (Å²) in [6.07, 6.45) is 2.12. The third kappa shape index (κ3) is 5.64. The van der Waals surface area contributed by atoms with Gasteiger partial charge in [0, 0.05) is 6.54 Å². The molecule has 3 rings (SSSR count). The van der Waals surface area contributed by atoms with Crippen LogP contribution in [0.15, 0.2) is 39.9 Å². The van der Waals surface area contributed by atoms with E-state index in [1.54, 1.807) is 0 Å². The molecule has 1 fully saturated rings. The summed E-state index contributed by atoms with van der Waals surface area (Å²) >= 11 is 0. The second-order valence-corrected chi connectivity index (χ2v) is 8.92. The van der Waals surface area contributed by atoms with Crippen molar-refractivity contribution >= 4 is 17.4 Å². The van der Waals surface area contributed by atoms with Gasteiger partial charge in [-0.3, -0.25) is 24.0 Å². The summed E-state index contributed by atoms with van der Waals surface area (Å²) < 4.78 is 1.31. The van der Waals surface area contributed by atoms with Gasteiger partial charge in [0.25, 0.3) is 5.56 Å². The van der Waals surface area contributed by atoms with E-state index in [-0.39, 0.29) is 36.4 Å². The lowest BCUT2D eigenvalue weighted by Gasteiger charge is -2.32. The molecule has 8 heteroatoms. The van der Waals surface area contributed by atoms with Crippen molar-refractivity contribution in [2.75, 3.05) is 36.8 Å². The molecule has 3 N–H and O–H groups in total. The Hall–Kier alpha value is -2.87. The molecule has 1 saturated heterocycles. The minimum absolute atomic E-state index is 0.0128. The zero-order chi connectivity index (χ0) is 22.5. The number of nitrogens with two attached hydrogens (primary N) is 1. The first kappa shape index (κ1) is 22.8. The molecule has 0 unspecified atom stereocenters. The van der Waals surface area contributed by atoms with E-state index in [4.69, 9.17) is 5.73 Å². The van der Waals surface area contributed by atoms with Crippen molar-refractivity contribution in [2.45, 2.75) is 40.2 Å². The van der Waals surface area contributed by atoms with Gasteiger partial charge < -0.3 is 10.6 Å². The first-order valence-corrected chi connectivity index (χ1v) is 11.0. The highest BCUT2D eigenvalue weighted by Gasteiger charge is 2.27. The van der Waals surface area contributed by atoms with Gasteiger partial charge in [0.2, 0.25) is 5.91 Å². The van der Waals surface area contributed by atoms with Gasteiger partial charge >= 0.3 is 5.69 Å². The van der Waals surface area contributed by atoms with Gasteiger partial charge in [-0.05, 0) is 43.3 Å². The number of amides is 1. The summed E-state index contributed by atoms with van der Waals surface area (Å²) in [7, 11) is 0. The molecule has 1 aliphatic rings. The zero-order valence-corrected chi connectivity index (χ0v) is 18.6. The zero-order valence-electron chi connectivity index (χ0n) is 18.6. The van der Waals surface area contributed by atoms with Crippen molar-refractivity contribution in [3.05, 3.63) is 56.7 Å². The van der Waals surface area contributed by atoms with Gasteiger partial charge in [0.05, 0.1) is 13.1 Å². The number of hydrogen-bond acceptors (Lipinski definition) is 5. The average molecular weight is 428 g/mol. The Balaban J connectivity index is 1.94. The van der Waals surface area contributed by atoms with Crippen LogP contribution in [0.25, 0.3) is 0 Å². The van der Waals surface area contributed by atoms with Crippen LogP contribution in [-0.4, -0.2) is 46.5 Å². The standard InChI is InChI=1S/C23H33N5O3/c1-16(2)13-27(19(29)15-26-11-9-17(3)10-12-26)20-21(24)28(23(31)25-22(20)30)14-18-7-5-4-6-8-18/h4-8,16-17H,9-15,24H2,1-3H3,(H,25,30,31). The van der Waals surface area contributed by atoms with E-state index >= 15 is 0 Å². The van der Waals surface area contributed by atoms with Crippen molar-refractivity contribution in [3.8, 4) is 0 Å². The SMILES string of the molecule is CC(C)CN(C(=O)CN1CCC(C)CC1)c1c(N)n(Cc2ccccc2)c(=O)[nH]c1=O. The van der Waals surface area contributed by atoms with Gasteiger partial charge in [0.15, 0.2) is 5.69 Å². The lowest BCUT2D eigenvalue weighted by Crippen LogP contribution is -2.47. The van der Waals surface area contributed by atoms with Crippen molar-refractivity contribution < 1.29 is 4.79 Å². The number of likely N-dealkylation sites (tertiary alicyclic amines) is 1. The monoisotopic (exact) mass is 427 g/mol. The average Bonchev–Trinajstić information content (AvgIpc) is 2.72. The Morgan fingerprint density at radius 3 is 2.45 bits per heavy atom. The van der Waals surface area contributed by atoms with Gasteiger partial charge in [-0.15, -0.1) is 0 Å². The van der Waals surface area contributed by atoms with Crippen LogP contribution in [0.4, 0.5) is 11.5 Å². The molecule has 8 nitrogen and oxygen atoms in total. The van der Waals surface area contributed by atoms with Crippen molar-refractivity contribution in [1.82, 2.24) is 14.5 Å². The number of nitrogens with zero attached hydrogens (tertiary/aromatic N) is 3. The van der Waals surface area contributed by atoms with Crippen molar-refractivity contribution in [2.24, 2.45) is 11.8 Å². The summed E-state index contributed by atoms with van der Waals surface area (Å²) in [5.41, 5.74) is 6.05. The van der Waals surface area contributed by atoms with E-state index in [1.165, 1.54) is 9.47 Å². The molecule has 0 bridgehead atoms. The minimum Gasteiger partial charge on any atom is -0.383 e. The number of aromatic amines is 1. The Labute approximate surface area is 182 Å². The highest BCUT2D eigenvalue weighted by Crippen LogP contribution is 2.21. The fourth-order valence-electron chi connectivity index (χ4n) is 3.94. The smallest absolute Gasteiger partial charge is 0.330 e. The van der Waals surface area contributed by atoms with E-state index in [0.29, 0.717) is 12.5 Å². The fourth-order valence-corrected chi connectivity index (χ4v) is 3.94. The van der Waals surface area contributed by atoms with Gasteiger partial charge in [0.1, 0.15) is 5.82 Å². The molecule has 0 spiro atoms. The topological polar surface area (TPSA) is 104 Å². The molecular formula is C23H33N5O3. The number of rotatable bonds is 7. The molecule has 0 saturated carbocycles. The first-order valence-electron chi connectivity index (χ1n) is 11.0. The van der Waals surface area contributed by atoms with Crippen molar-refractivity contribution in [3.63, 3.8) is 0 Å². The molecule has 1 amide bonds. The Morgan fingerprint density at radius 2 is 1.84 bits per heavy atom. The predicted molar refractivity (Wildman–Crippen MR) is 123 cm³/mol. The van der Waals surface area contributed by atoms with E-state index in [9.17, 15) is 14.4 Å². The fraction of sp³-hybridized carbons (Fsp3) is 0.522. The molecule has 2 heterocycles. The second kappa shape index (κ2) is 9.96. The number of nitrogen functional groups attached to an aromatic ring is 1. The summed E-state index contributed by atoms with van der Waals surface area (Å²) in [5, 5.41) is 0. The predicted octanol–water partition coefficient (Wildman–Crippen LogP) is 1.89. The maximum absolute atomic E-state index is 13.3. The van der Waals surface area contributed by atoms with Crippen LogP contribution in [0.3, 0.4) is 0 Å². The molecule has 0 aliphatic carbocycles. The second-order valence-electron chi connectivity index (χ2n) is 8.92. The number of piperidine rings is 1. The van der Waals surface area contributed by atoms with Crippen LogP contribution >= 0.6 is 0 Å². The maximum atomic E-state index is 13.3. The lowest BCUT2D eigenvalue weighted by atomic mass is 9.99. The molecular weight excluding hydrogens is 394 g/mol.